The molecule has 0 radical (unpaired) electrons. The van der Waals surface area contributed by atoms with Gasteiger partial charge in [0.2, 0.25) is 0 Å². The first-order valence-electron chi connectivity index (χ1n) is 6.42. The Bertz CT molecular complexity index is 603. The van der Waals surface area contributed by atoms with E-state index in [2.05, 4.69) is 15.9 Å². The minimum absolute atomic E-state index is 0.241. The molecule has 2 atom stereocenters. The van der Waals surface area contributed by atoms with Gasteiger partial charge in [-0.2, -0.15) is 0 Å². The maximum Gasteiger partial charge on any atom is 0.123 e. The van der Waals surface area contributed by atoms with Gasteiger partial charge in [-0.15, -0.1) is 0 Å². The van der Waals surface area contributed by atoms with Crippen molar-refractivity contribution >= 4 is 15.9 Å². The second kappa shape index (κ2) is 6.48. The van der Waals surface area contributed by atoms with E-state index in [0.717, 1.165) is 15.6 Å². The molecule has 2 aromatic carbocycles. The largest absolute Gasteiger partial charge is 0.388 e. The van der Waals surface area contributed by atoms with Crippen molar-refractivity contribution in [1.82, 2.24) is 0 Å². The van der Waals surface area contributed by atoms with Crippen LogP contribution in [0.2, 0.25) is 0 Å². The fourth-order valence-electron chi connectivity index (χ4n) is 2.27. The summed E-state index contributed by atoms with van der Waals surface area (Å²) < 4.78 is 14.2. The lowest BCUT2D eigenvalue weighted by atomic mass is 9.89. The first kappa shape index (κ1) is 15.2. The predicted octanol–water partition coefficient (Wildman–Crippen LogP) is 3.67. The van der Waals surface area contributed by atoms with Crippen molar-refractivity contribution in [2.24, 2.45) is 5.73 Å². The number of hydrogen-bond acceptors (Lipinski definition) is 2. The summed E-state index contributed by atoms with van der Waals surface area (Å²) in [6.45, 7) is 2.22. The molecule has 3 N–H and O–H groups in total. The molecule has 0 aliphatic carbocycles. The van der Waals surface area contributed by atoms with E-state index in [9.17, 15) is 9.50 Å². The van der Waals surface area contributed by atoms with Crippen molar-refractivity contribution in [1.29, 1.82) is 0 Å². The third kappa shape index (κ3) is 3.26. The van der Waals surface area contributed by atoms with Crippen LogP contribution in [0.15, 0.2) is 46.9 Å². The van der Waals surface area contributed by atoms with E-state index in [0.29, 0.717) is 5.56 Å². The van der Waals surface area contributed by atoms with Crippen LogP contribution < -0.4 is 5.73 Å². The molecule has 0 aliphatic rings. The van der Waals surface area contributed by atoms with Crippen LogP contribution in [0.25, 0.3) is 0 Å². The van der Waals surface area contributed by atoms with Crippen LogP contribution in [0, 0.1) is 12.7 Å². The topological polar surface area (TPSA) is 46.2 Å². The summed E-state index contributed by atoms with van der Waals surface area (Å²) in [5.74, 6) is -0.666. The first-order chi connectivity index (χ1) is 9.52. The van der Waals surface area contributed by atoms with Crippen LogP contribution in [0.1, 0.15) is 28.7 Å². The number of nitrogens with two attached hydrogens (primary N) is 1. The van der Waals surface area contributed by atoms with Crippen molar-refractivity contribution in [2.45, 2.75) is 18.9 Å². The zero-order valence-electron chi connectivity index (χ0n) is 11.2. The first-order valence-corrected chi connectivity index (χ1v) is 7.22. The summed E-state index contributed by atoms with van der Waals surface area (Å²) in [7, 11) is 0. The smallest absolute Gasteiger partial charge is 0.123 e. The fraction of sp³-hybridized carbons (Fsp3) is 0.250. The van der Waals surface area contributed by atoms with Gasteiger partial charge in [-0.25, -0.2) is 4.39 Å². The zero-order chi connectivity index (χ0) is 14.7. The second-order valence-electron chi connectivity index (χ2n) is 4.87. The molecule has 0 bridgehead atoms. The average molecular weight is 338 g/mol. The highest BCUT2D eigenvalue weighted by Crippen LogP contribution is 2.34. The SMILES string of the molecule is Cc1ccc(C(O)C(CN)c2cccc(F)c2)c(Br)c1. The van der Waals surface area contributed by atoms with Crippen molar-refractivity contribution in [2.75, 3.05) is 6.54 Å². The third-order valence-electron chi connectivity index (χ3n) is 3.39. The van der Waals surface area contributed by atoms with Crippen LogP contribution in [0.5, 0.6) is 0 Å². The van der Waals surface area contributed by atoms with Gasteiger partial charge in [0.1, 0.15) is 5.82 Å². The van der Waals surface area contributed by atoms with Gasteiger partial charge in [0, 0.05) is 16.9 Å². The van der Waals surface area contributed by atoms with Crippen molar-refractivity contribution < 1.29 is 9.50 Å². The van der Waals surface area contributed by atoms with Gasteiger partial charge in [0.05, 0.1) is 6.10 Å². The van der Waals surface area contributed by atoms with Crippen molar-refractivity contribution in [3.05, 3.63) is 69.4 Å². The van der Waals surface area contributed by atoms with Crippen molar-refractivity contribution in [3.63, 3.8) is 0 Å². The molecule has 4 heteroatoms. The number of benzene rings is 2. The minimum Gasteiger partial charge on any atom is -0.388 e. The van der Waals surface area contributed by atoms with E-state index in [1.165, 1.54) is 12.1 Å². The number of aliphatic hydroxyl groups is 1. The highest BCUT2D eigenvalue weighted by atomic mass is 79.9. The molecule has 0 saturated carbocycles. The molecule has 0 aromatic heterocycles. The van der Waals surface area contributed by atoms with Crippen molar-refractivity contribution in [3.8, 4) is 0 Å². The lowest BCUT2D eigenvalue weighted by molar-refractivity contribution is 0.146. The number of rotatable bonds is 4. The van der Waals surface area contributed by atoms with Gasteiger partial charge in [-0.05, 0) is 41.8 Å². The maximum atomic E-state index is 13.3. The molecule has 0 aliphatic heterocycles. The Morgan fingerprint density at radius 2 is 2.00 bits per heavy atom. The molecule has 2 rings (SSSR count). The highest BCUT2D eigenvalue weighted by Gasteiger charge is 2.23. The molecular formula is C16H17BrFNO. The van der Waals surface area contributed by atoms with Gasteiger partial charge in [-0.3, -0.25) is 0 Å². The zero-order valence-corrected chi connectivity index (χ0v) is 12.8. The third-order valence-corrected chi connectivity index (χ3v) is 4.07. The molecule has 0 saturated heterocycles. The molecule has 2 unspecified atom stereocenters. The van der Waals surface area contributed by atoms with Gasteiger partial charge in [-0.1, -0.05) is 40.2 Å². The number of hydrogen-bond donors (Lipinski definition) is 2. The lowest BCUT2D eigenvalue weighted by Gasteiger charge is -2.23. The summed E-state index contributed by atoms with van der Waals surface area (Å²) in [5.41, 5.74) is 8.34. The molecule has 0 amide bonds. The molecule has 0 fully saturated rings. The number of aliphatic hydroxyl groups excluding tert-OH is 1. The summed E-state index contributed by atoms with van der Waals surface area (Å²) >= 11 is 3.46. The van der Waals surface area contributed by atoms with E-state index >= 15 is 0 Å². The summed E-state index contributed by atoms with van der Waals surface area (Å²) in [5, 5.41) is 10.6. The molecule has 20 heavy (non-hydrogen) atoms. The lowest BCUT2D eigenvalue weighted by Crippen LogP contribution is -2.20. The minimum atomic E-state index is -0.781. The molecule has 2 nitrogen and oxygen atoms in total. The van der Waals surface area contributed by atoms with Gasteiger partial charge >= 0.3 is 0 Å². The van der Waals surface area contributed by atoms with Gasteiger partial charge in [0.15, 0.2) is 0 Å². The monoisotopic (exact) mass is 337 g/mol. The quantitative estimate of drug-likeness (QED) is 0.893. The Labute approximate surface area is 126 Å². The van der Waals surface area contributed by atoms with Crippen LogP contribution in [-0.4, -0.2) is 11.7 Å². The summed E-state index contributed by atoms with van der Waals surface area (Å²) in [6.07, 6.45) is -0.781. The van der Waals surface area contributed by atoms with Crippen LogP contribution >= 0.6 is 15.9 Å². The average Bonchev–Trinajstić information content (AvgIpc) is 2.39. The molecular weight excluding hydrogens is 321 g/mol. The highest BCUT2D eigenvalue weighted by molar-refractivity contribution is 9.10. The number of aryl methyl sites for hydroxylation is 1. The normalized spacial score (nSPS) is 14.1. The standard InChI is InChI=1S/C16H17BrFNO/c1-10-5-6-13(15(17)7-10)16(20)14(9-19)11-3-2-4-12(18)8-11/h2-8,14,16,20H,9,19H2,1H3. The Morgan fingerprint density at radius 1 is 1.25 bits per heavy atom. The Morgan fingerprint density at radius 3 is 2.60 bits per heavy atom. The predicted molar refractivity (Wildman–Crippen MR) is 82.0 cm³/mol. The van der Waals surface area contributed by atoms with Crippen LogP contribution in [-0.2, 0) is 0 Å². The fourth-order valence-corrected chi connectivity index (χ4v) is 3.00. The van der Waals surface area contributed by atoms with E-state index in [1.54, 1.807) is 12.1 Å². The van der Waals surface area contributed by atoms with Crippen LogP contribution in [0.3, 0.4) is 0 Å². The Balaban J connectivity index is 2.36. The van der Waals surface area contributed by atoms with E-state index in [-0.39, 0.29) is 18.3 Å². The van der Waals surface area contributed by atoms with Gasteiger partial charge in [0.25, 0.3) is 0 Å². The van der Waals surface area contributed by atoms with Crippen LogP contribution in [0.4, 0.5) is 4.39 Å². The maximum absolute atomic E-state index is 13.3. The molecule has 2 aromatic rings. The Kier molecular flexibility index (Phi) is 4.91. The summed E-state index contributed by atoms with van der Waals surface area (Å²) in [6, 6.07) is 12.0. The Hall–Kier alpha value is -1.23. The van der Waals surface area contributed by atoms with E-state index < -0.39 is 6.10 Å². The van der Waals surface area contributed by atoms with E-state index in [1.807, 2.05) is 25.1 Å². The molecule has 0 spiro atoms. The summed E-state index contributed by atoms with van der Waals surface area (Å²) in [4.78, 5) is 0. The molecule has 106 valence electrons. The number of halogens is 2. The molecule has 0 heterocycles. The van der Waals surface area contributed by atoms with Gasteiger partial charge < -0.3 is 10.8 Å². The second-order valence-corrected chi connectivity index (χ2v) is 5.72. The van der Waals surface area contributed by atoms with E-state index in [4.69, 9.17) is 5.73 Å².